The molecule has 0 atom stereocenters. The highest BCUT2D eigenvalue weighted by Crippen LogP contribution is 2.21. The third-order valence-corrected chi connectivity index (χ3v) is 3.39. The Balaban J connectivity index is 1.60. The van der Waals surface area contributed by atoms with E-state index in [0.717, 1.165) is 11.1 Å². The summed E-state index contributed by atoms with van der Waals surface area (Å²) >= 11 is 0. The summed E-state index contributed by atoms with van der Waals surface area (Å²) in [5.74, 6) is 0.486. The molecule has 1 N–H and O–H groups in total. The SMILES string of the molecule is O=C(Cn1cc(-c2ccc([N+](=O)[O-])cc2)cn1)NCc1ccco1. The van der Waals surface area contributed by atoms with E-state index in [1.165, 1.54) is 16.8 Å². The van der Waals surface area contributed by atoms with E-state index in [0.29, 0.717) is 12.3 Å². The number of aromatic nitrogens is 2. The molecule has 0 radical (unpaired) electrons. The van der Waals surface area contributed by atoms with Crippen molar-refractivity contribution in [2.24, 2.45) is 0 Å². The number of carbonyl (C=O) groups excluding carboxylic acids is 1. The highest BCUT2D eigenvalue weighted by Gasteiger charge is 2.09. The zero-order valence-electron chi connectivity index (χ0n) is 12.6. The van der Waals surface area contributed by atoms with Crippen LogP contribution in [0.1, 0.15) is 5.76 Å². The van der Waals surface area contributed by atoms with Crippen LogP contribution < -0.4 is 5.32 Å². The lowest BCUT2D eigenvalue weighted by Crippen LogP contribution is -2.27. The zero-order valence-corrected chi connectivity index (χ0v) is 12.6. The van der Waals surface area contributed by atoms with Gasteiger partial charge >= 0.3 is 0 Å². The average molecular weight is 326 g/mol. The number of non-ortho nitro benzene ring substituents is 1. The summed E-state index contributed by atoms with van der Waals surface area (Å²) in [6.07, 6.45) is 4.88. The minimum atomic E-state index is -0.448. The third kappa shape index (κ3) is 3.67. The number of rotatable bonds is 6. The first-order valence-corrected chi connectivity index (χ1v) is 7.18. The molecule has 3 rings (SSSR count). The first-order chi connectivity index (χ1) is 11.6. The van der Waals surface area contributed by atoms with Gasteiger partial charge in [-0.3, -0.25) is 19.6 Å². The highest BCUT2D eigenvalue weighted by molar-refractivity contribution is 5.75. The molecule has 0 bridgehead atoms. The average Bonchev–Trinajstić information content (AvgIpc) is 3.25. The second kappa shape index (κ2) is 6.78. The summed E-state index contributed by atoms with van der Waals surface area (Å²) < 4.78 is 6.65. The van der Waals surface area contributed by atoms with Crippen LogP contribution in [0.15, 0.2) is 59.5 Å². The van der Waals surface area contributed by atoms with Gasteiger partial charge in [0.05, 0.1) is 23.9 Å². The molecule has 0 saturated carbocycles. The molecule has 0 aliphatic heterocycles. The van der Waals surface area contributed by atoms with E-state index in [1.54, 1.807) is 42.9 Å². The molecule has 0 spiro atoms. The van der Waals surface area contributed by atoms with Crippen molar-refractivity contribution in [2.75, 3.05) is 0 Å². The van der Waals surface area contributed by atoms with Crippen LogP contribution in [0.3, 0.4) is 0 Å². The van der Waals surface area contributed by atoms with E-state index >= 15 is 0 Å². The van der Waals surface area contributed by atoms with Crippen molar-refractivity contribution < 1.29 is 14.1 Å². The van der Waals surface area contributed by atoms with Crippen molar-refractivity contribution >= 4 is 11.6 Å². The molecule has 8 nitrogen and oxygen atoms in total. The number of nitro groups is 1. The van der Waals surface area contributed by atoms with Gasteiger partial charge in [0, 0.05) is 23.9 Å². The number of nitrogens with one attached hydrogen (secondary N) is 1. The van der Waals surface area contributed by atoms with Crippen molar-refractivity contribution in [1.29, 1.82) is 0 Å². The number of hydrogen-bond acceptors (Lipinski definition) is 5. The van der Waals surface area contributed by atoms with E-state index in [-0.39, 0.29) is 18.1 Å². The molecule has 24 heavy (non-hydrogen) atoms. The van der Waals surface area contributed by atoms with Crippen LogP contribution in [0.5, 0.6) is 0 Å². The summed E-state index contributed by atoms with van der Waals surface area (Å²) in [7, 11) is 0. The molecule has 2 aromatic heterocycles. The molecular formula is C16H14N4O4. The highest BCUT2D eigenvalue weighted by atomic mass is 16.6. The Morgan fingerprint density at radius 1 is 1.25 bits per heavy atom. The summed E-state index contributed by atoms with van der Waals surface area (Å²) in [5.41, 5.74) is 1.61. The standard InChI is InChI=1S/C16H14N4O4/c21-16(17-9-15-2-1-7-24-15)11-19-10-13(8-18-19)12-3-5-14(6-4-12)20(22)23/h1-8,10H,9,11H2,(H,17,21). The first-order valence-electron chi connectivity index (χ1n) is 7.18. The fourth-order valence-electron chi connectivity index (χ4n) is 2.18. The maximum atomic E-state index is 11.9. The van der Waals surface area contributed by atoms with E-state index < -0.39 is 4.92 Å². The lowest BCUT2D eigenvalue weighted by molar-refractivity contribution is -0.384. The largest absolute Gasteiger partial charge is 0.467 e. The fraction of sp³-hybridized carbons (Fsp3) is 0.125. The summed E-state index contributed by atoms with van der Waals surface area (Å²) in [5, 5.41) is 17.5. The number of carbonyl (C=O) groups is 1. The molecule has 0 unspecified atom stereocenters. The van der Waals surface area contributed by atoms with Crippen molar-refractivity contribution in [2.45, 2.75) is 13.1 Å². The van der Waals surface area contributed by atoms with Crippen LogP contribution in [0.4, 0.5) is 5.69 Å². The van der Waals surface area contributed by atoms with Crippen LogP contribution in [0.25, 0.3) is 11.1 Å². The molecule has 3 aromatic rings. The van der Waals surface area contributed by atoms with Gasteiger partial charge in [-0.25, -0.2) is 0 Å². The Morgan fingerprint density at radius 2 is 2.04 bits per heavy atom. The molecular weight excluding hydrogens is 312 g/mol. The number of nitro benzene ring substituents is 1. The van der Waals surface area contributed by atoms with Gasteiger partial charge in [-0.05, 0) is 29.8 Å². The van der Waals surface area contributed by atoms with Crippen LogP contribution >= 0.6 is 0 Å². The van der Waals surface area contributed by atoms with Crippen molar-refractivity contribution in [3.05, 3.63) is 70.9 Å². The normalized spacial score (nSPS) is 10.5. The molecule has 0 aliphatic rings. The molecule has 0 saturated heterocycles. The molecule has 8 heteroatoms. The van der Waals surface area contributed by atoms with Crippen LogP contribution in [0, 0.1) is 10.1 Å². The maximum absolute atomic E-state index is 11.9. The summed E-state index contributed by atoms with van der Waals surface area (Å²) in [4.78, 5) is 22.1. The van der Waals surface area contributed by atoms with Gasteiger partial charge < -0.3 is 9.73 Å². The van der Waals surface area contributed by atoms with Gasteiger partial charge in [0.1, 0.15) is 12.3 Å². The number of amides is 1. The first kappa shape index (κ1) is 15.5. The van der Waals surface area contributed by atoms with Crippen LogP contribution in [-0.2, 0) is 17.9 Å². The van der Waals surface area contributed by atoms with Crippen LogP contribution in [0.2, 0.25) is 0 Å². The summed E-state index contributed by atoms with van der Waals surface area (Å²) in [6, 6.07) is 9.70. The molecule has 1 aromatic carbocycles. The monoisotopic (exact) mass is 326 g/mol. The molecule has 0 fully saturated rings. The predicted octanol–water partition coefficient (Wildman–Crippen LogP) is 2.37. The quantitative estimate of drug-likeness (QED) is 0.553. The Bertz CT molecular complexity index is 837. The van der Waals surface area contributed by atoms with Crippen molar-refractivity contribution in [1.82, 2.24) is 15.1 Å². The molecule has 0 aliphatic carbocycles. The number of furan rings is 1. The maximum Gasteiger partial charge on any atom is 0.269 e. The van der Waals surface area contributed by atoms with E-state index in [9.17, 15) is 14.9 Å². The molecule has 1 amide bonds. The lowest BCUT2D eigenvalue weighted by Gasteiger charge is -2.03. The van der Waals surface area contributed by atoms with Gasteiger partial charge in [0.15, 0.2) is 0 Å². The number of nitrogens with zero attached hydrogens (tertiary/aromatic N) is 3. The Morgan fingerprint density at radius 3 is 2.71 bits per heavy atom. The Kier molecular flexibility index (Phi) is 4.37. The lowest BCUT2D eigenvalue weighted by atomic mass is 10.1. The second-order valence-corrected chi connectivity index (χ2v) is 5.09. The zero-order chi connectivity index (χ0) is 16.9. The predicted molar refractivity (Wildman–Crippen MR) is 84.9 cm³/mol. The Hall–Kier alpha value is -3.42. The molecule has 122 valence electrons. The summed E-state index contributed by atoms with van der Waals surface area (Å²) in [6.45, 7) is 0.399. The topological polar surface area (TPSA) is 103 Å². The third-order valence-electron chi connectivity index (χ3n) is 3.39. The smallest absolute Gasteiger partial charge is 0.269 e. The minimum absolute atomic E-state index is 0.0310. The van der Waals surface area contributed by atoms with Gasteiger partial charge in [-0.1, -0.05) is 0 Å². The van der Waals surface area contributed by atoms with Crippen LogP contribution in [-0.4, -0.2) is 20.6 Å². The van der Waals surface area contributed by atoms with E-state index in [4.69, 9.17) is 4.42 Å². The molecule has 2 heterocycles. The van der Waals surface area contributed by atoms with E-state index in [2.05, 4.69) is 10.4 Å². The van der Waals surface area contributed by atoms with Gasteiger partial charge in [-0.15, -0.1) is 0 Å². The van der Waals surface area contributed by atoms with Crippen molar-refractivity contribution in [3.63, 3.8) is 0 Å². The van der Waals surface area contributed by atoms with Crippen molar-refractivity contribution in [3.8, 4) is 11.1 Å². The van der Waals surface area contributed by atoms with Gasteiger partial charge in [-0.2, -0.15) is 5.10 Å². The Labute approximate surface area is 136 Å². The van der Waals surface area contributed by atoms with E-state index in [1.807, 2.05) is 0 Å². The second-order valence-electron chi connectivity index (χ2n) is 5.09. The number of hydrogen-bond donors (Lipinski definition) is 1. The van der Waals surface area contributed by atoms with Gasteiger partial charge in [0.2, 0.25) is 5.91 Å². The minimum Gasteiger partial charge on any atom is -0.467 e. The fourth-order valence-corrected chi connectivity index (χ4v) is 2.18. The number of benzene rings is 1. The van der Waals surface area contributed by atoms with Gasteiger partial charge in [0.25, 0.3) is 5.69 Å².